The first-order valence-corrected chi connectivity index (χ1v) is 3.54. The molecule has 0 radical (unpaired) electrons. The van der Waals surface area contributed by atoms with E-state index in [1.54, 1.807) is 13.0 Å². The molecule has 0 fully saturated rings. The summed E-state index contributed by atoms with van der Waals surface area (Å²) in [4.78, 5) is 3.93. The molecule has 0 aliphatic carbocycles. The van der Waals surface area contributed by atoms with E-state index in [9.17, 15) is 0 Å². The molecule has 0 rings (SSSR count). The van der Waals surface area contributed by atoms with Crippen LogP contribution >= 0.6 is 0 Å². The quantitative estimate of drug-likeness (QED) is 0.488. The molecule has 0 aliphatic rings. The van der Waals surface area contributed by atoms with E-state index in [4.69, 9.17) is 10.1 Å². The minimum absolute atomic E-state index is 0.496. The van der Waals surface area contributed by atoms with Crippen LogP contribution in [0.4, 0.5) is 0 Å². The number of nitrogens with zero attached hydrogens (tertiary/aromatic N) is 1. The van der Waals surface area contributed by atoms with Gasteiger partial charge in [0, 0.05) is 11.4 Å². The lowest BCUT2D eigenvalue weighted by Gasteiger charge is -1.92. The Morgan fingerprint density at radius 1 is 1.55 bits per heavy atom. The van der Waals surface area contributed by atoms with Crippen LogP contribution in [0.15, 0.2) is 16.8 Å². The molecule has 62 valence electrons. The summed E-state index contributed by atoms with van der Waals surface area (Å²) in [5.74, 6) is 0. The van der Waals surface area contributed by atoms with E-state index in [0.717, 1.165) is 5.70 Å². The SMILES string of the molecule is CCOC=N/C(C)=C\C(C)=N. The largest absolute Gasteiger partial charge is 0.483 e. The topological polar surface area (TPSA) is 45.4 Å². The van der Waals surface area contributed by atoms with Gasteiger partial charge in [-0.05, 0) is 26.8 Å². The summed E-state index contributed by atoms with van der Waals surface area (Å²) in [7, 11) is 0. The fourth-order valence-electron chi connectivity index (χ4n) is 0.546. The summed E-state index contributed by atoms with van der Waals surface area (Å²) in [6.07, 6.45) is 3.07. The van der Waals surface area contributed by atoms with Crippen molar-refractivity contribution in [3.05, 3.63) is 11.8 Å². The molecule has 3 nitrogen and oxygen atoms in total. The van der Waals surface area contributed by atoms with Crippen LogP contribution in [0.1, 0.15) is 20.8 Å². The van der Waals surface area contributed by atoms with Gasteiger partial charge in [-0.25, -0.2) is 4.99 Å². The van der Waals surface area contributed by atoms with Gasteiger partial charge < -0.3 is 10.1 Å². The first kappa shape index (κ1) is 9.88. The van der Waals surface area contributed by atoms with Crippen molar-refractivity contribution in [2.45, 2.75) is 20.8 Å². The van der Waals surface area contributed by atoms with Crippen molar-refractivity contribution in [2.75, 3.05) is 6.61 Å². The fraction of sp³-hybridized carbons (Fsp3) is 0.500. The Bertz CT molecular complexity index is 183. The highest BCUT2D eigenvalue weighted by molar-refractivity contribution is 5.90. The summed E-state index contributed by atoms with van der Waals surface area (Å²) >= 11 is 0. The number of aliphatic imine (C=N–C) groups is 1. The summed E-state index contributed by atoms with van der Waals surface area (Å²) in [5.41, 5.74) is 1.28. The third-order valence-electron chi connectivity index (χ3n) is 0.923. The molecule has 0 aromatic rings. The summed E-state index contributed by atoms with van der Waals surface area (Å²) in [6.45, 7) is 6.06. The smallest absolute Gasteiger partial charge is 0.174 e. The van der Waals surface area contributed by atoms with Gasteiger partial charge in [-0.1, -0.05) is 0 Å². The van der Waals surface area contributed by atoms with E-state index < -0.39 is 0 Å². The van der Waals surface area contributed by atoms with Gasteiger partial charge >= 0.3 is 0 Å². The first-order chi connectivity index (χ1) is 5.16. The number of nitrogens with one attached hydrogen (secondary N) is 1. The average Bonchev–Trinajstić information content (AvgIpc) is 1.86. The Morgan fingerprint density at radius 2 is 2.18 bits per heavy atom. The van der Waals surface area contributed by atoms with Crippen LogP contribution in [-0.4, -0.2) is 18.7 Å². The summed E-state index contributed by atoms with van der Waals surface area (Å²) < 4.78 is 4.88. The van der Waals surface area contributed by atoms with Crippen LogP contribution in [0.25, 0.3) is 0 Å². The minimum atomic E-state index is 0.496. The van der Waals surface area contributed by atoms with Crippen molar-refractivity contribution in [3.63, 3.8) is 0 Å². The monoisotopic (exact) mass is 154 g/mol. The van der Waals surface area contributed by atoms with Gasteiger partial charge in [0.1, 0.15) is 0 Å². The van der Waals surface area contributed by atoms with Gasteiger partial charge in [0.25, 0.3) is 0 Å². The molecule has 0 unspecified atom stereocenters. The third kappa shape index (κ3) is 6.77. The minimum Gasteiger partial charge on any atom is -0.483 e. The maximum Gasteiger partial charge on any atom is 0.174 e. The standard InChI is InChI=1S/C8H14N2O/c1-4-11-6-10-8(3)5-7(2)9/h5-6,9H,4H2,1-3H3/b8-5-,9-7?,10-6?. The molecule has 0 bridgehead atoms. The highest BCUT2D eigenvalue weighted by Crippen LogP contribution is 1.93. The van der Waals surface area contributed by atoms with Gasteiger partial charge in [-0.15, -0.1) is 0 Å². The normalized spacial score (nSPS) is 12.1. The Morgan fingerprint density at radius 3 is 2.64 bits per heavy atom. The lowest BCUT2D eigenvalue weighted by atomic mass is 10.3. The van der Waals surface area contributed by atoms with Crippen molar-refractivity contribution in [3.8, 4) is 0 Å². The molecule has 0 atom stereocenters. The molecule has 0 aromatic carbocycles. The maximum atomic E-state index is 7.11. The van der Waals surface area contributed by atoms with Gasteiger partial charge in [-0.3, -0.25) is 0 Å². The van der Waals surface area contributed by atoms with Crippen molar-refractivity contribution < 1.29 is 4.74 Å². The number of hydrogen-bond donors (Lipinski definition) is 1. The van der Waals surface area contributed by atoms with Gasteiger partial charge in [-0.2, -0.15) is 0 Å². The zero-order valence-electron chi connectivity index (χ0n) is 7.22. The molecular formula is C8H14N2O. The molecular weight excluding hydrogens is 140 g/mol. The zero-order chi connectivity index (χ0) is 8.69. The Balaban J connectivity index is 3.85. The van der Waals surface area contributed by atoms with E-state index in [1.807, 2.05) is 13.8 Å². The predicted octanol–water partition coefficient (Wildman–Crippen LogP) is 1.99. The fourth-order valence-corrected chi connectivity index (χ4v) is 0.546. The Kier molecular flexibility index (Phi) is 5.07. The van der Waals surface area contributed by atoms with Gasteiger partial charge in [0.15, 0.2) is 6.40 Å². The molecule has 0 saturated heterocycles. The molecule has 1 N–H and O–H groups in total. The Labute approximate surface area is 67.3 Å². The number of allylic oxidation sites excluding steroid dienone is 2. The third-order valence-corrected chi connectivity index (χ3v) is 0.923. The van der Waals surface area contributed by atoms with Crippen LogP contribution in [0.2, 0.25) is 0 Å². The van der Waals surface area contributed by atoms with Crippen molar-refractivity contribution in [1.29, 1.82) is 5.41 Å². The summed E-state index contributed by atoms with van der Waals surface area (Å²) in [5, 5.41) is 7.11. The molecule has 0 spiro atoms. The highest BCUT2D eigenvalue weighted by atomic mass is 16.5. The number of ether oxygens (including phenoxy) is 1. The second-order valence-electron chi connectivity index (χ2n) is 2.16. The van der Waals surface area contributed by atoms with E-state index in [-0.39, 0.29) is 0 Å². The second kappa shape index (κ2) is 5.65. The van der Waals surface area contributed by atoms with Crippen LogP contribution in [0, 0.1) is 5.41 Å². The molecule has 11 heavy (non-hydrogen) atoms. The number of hydrogen-bond acceptors (Lipinski definition) is 3. The first-order valence-electron chi connectivity index (χ1n) is 3.54. The van der Waals surface area contributed by atoms with Crippen molar-refractivity contribution >= 4 is 12.1 Å². The second-order valence-corrected chi connectivity index (χ2v) is 2.16. The van der Waals surface area contributed by atoms with E-state index in [1.165, 1.54) is 6.40 Å². The van der Waals surface area contributed by atoms with Gasteiger partial charge in [0.05, 0.1) is 6.61 Å². The molecule has 0 aliphatic heterocycles. The van der Waals surface area contributed by atoms with Crippen LogP contribution in [0.3, 0.4) is 0 Å². The summed E-state index contributed by atoms with van der Waals surface area (Å²) in [6, 6.07) is 0. The van der Waals surface area contributed by atoms with Crippen LogP contribution in [-0.2, 0) is 4.74 Å². The molecule has 3 heteroatoms. The van der Waals surface area contributed by atoms with Crippen molar-refractivity contribution in [2.24, 2.45) is 4.99 Å². The maximum absolute atomic E-state index is 7.11. The molecule has 0 saturated carbocycles. The van der Waals surface area contributed by atoms with E-state index >= 15 is 0 Å². The lowest BCUT2D eigenvalue weighted by molar-refractivity contribution is 0.343. The van der Waals surface area contributed by atoms with Gasteiger partial charge in [0.2, 0.25) is 0 Å². The van der Waals surface area contributed by atoms with E-state index in [0.29, 0.717) is 12.3 Å². The zero-order valence-corrected chi connectivity index (χ0v) is 7.22. The van der Waals surface area contributed by atoms with Crippen molar-refractivity contribution in [1.82, 2.24) is 0 Å². The average molecular weight is 154 g/mol. The Hall–Kier alpha value is -1.12. The van der Waals surface area contributed by atoms with E-state index in [2.05, 4.69) is 4.99 Å². The van der Waals surface area contributed by atoms with Crippen LogP contribution in [0.5, 0.6) is 0 Å². The molecule has 0 amide bonds. The predicted molar refractivity (Wildman–Crippen MR) is 47.3 cm³/mol. The molecule has 0 aromatic heterocycles. The van der Waals surface area contributed by atoms with Crippen LogP contribution < -0.4 is 0 Å². The lowest BCUT2D eigenvalue weighted by Crippen LogP contribution is -1.86. The molecule has 0 heterocycles. The number of rotatable bonds is 4. The highest BCUT2D eigenvalue weighted by Gasteiger charge is 1.83.